The molecule has 13 rings (SSSR count). The fourth-order valence-corrected chi connectivity index (χ4v) is 11.2. The van der Waals surface area contributed by atoms with E-state index in [-0.39, 0.29) is 11.8 Å². The molecule has 2 unspecified atom stereocenters. The molecule has 0 radical (unpaired) electrons. The number of rotatable bonds is 4. The van der Waals surface area contributed by atoms with E-state index in [1.54, 1.807) is 0 Å². The SMILES string of the molecule is CN1c2ccccc2N(c2ccc3c(C4C=CC=C5C=CC=CC54)c4cc(N5c6ccccc6N(C)c6ccccc65)ccc4c(-c4cccc5ccccc45)c3c2)c2ccccc21. The van der Waals surface area contributed by atoms with Gasteiger partial charge in [0.1, 0.15) is 0 Å². The molecule has 64 heavy (non-hydrogen) atoms. The molecule has 0 saturated carbocycles. The standard InChI is InChI=1S/C60H44N4/c1-61-51-25-7-11-29-55(51)63(56-30-12-8-26-52(56)61)41-33-35-47-49(37-41)59(45-23-15-19-39-17-3-5-21-43(39)45)48-36-34-42(38-50(48)60(47)46-24-16-20-40-18-4-6-22-44(40)46)64-57-31-13-9-27-53(57)62(2)54-28-10-14-32-58(54)64/h3-38,43,45H,1-2H3. The van der Waals surface area contributed by atoms with Crippen LogP contribution in [0.1, 0.15) is 11.5 Å². The van der Waals surface area contributed by atoms with Crippen LogP contribution in [0.15, 0.2) is 224 Å². The van der Waals surface area contributed by atoms with Crippen molar-refractivity contribution in [2.75, 3.05) is 33.7 Å². The van der Waals surface area contributed by atoms with E-state index >= 15 is 0 Å². The largest absolute Gasteiger partial charge is 0.341 e. The van der Waals surface area contributed by atoms with Crippen LogP contribution in [0.4, 0.5) is 56.9 Å². The third-order valence-corrected chi connectivity index (χ3v) is 14.1. The predicted molar refractivity (Wildman–Crippen MR) is 272 cm³/mol. The highest BCUT2D eigenvalue weighted by molar-refractivity contribution is 6.20. The summed E-state index contributed by atoms with van der Waals surface area (Å²) in [5.41, 5.74) is 16.8. The van der Waals surface area contributed by atoms with E-state index in [1.165, 1.54) is 88.7 Å². The molecule has 304 valence electrons. The third kappa shape index (κ3) is 5.36. The van der Waals surface area contributed by atoms with Gasteiger partial charge in [0.2, 0.25) is 0 Å². The van der Waals surface area contributed by atoms with E-state index in [2.05, 4.69) is 252 Å². The quantitative estimate of drug-likeness (QED) is 0.164. The molecule has 0 saturated heterocycles. The Morgan fingerprint density at radius 1 is 0.375 bits per heavy atom. The Morgan fingerprint density at radius 2 is 0.875 bits per heavy atom. The van der Waals surface area contributed by atoms with Crippen molar-refractivity contribution >= 4 is 89.2 Å². The molecule has 4 heteroatoms. The molecule has 0 aromatic heterocycles. The van der Waals surface area contributed by atoms with Crippen LogP contribution in [0.25, 0.3) is 43.4 Å². The molecular weight excluding hydrogens is 777 g/mol. The Kier molecular flexibility index (Phi) is 8.13. The maximum atomic E-state index is 2.49. The van der Waals surface area contributed by atoms with Gasteiger partial charge < -0.3 is 19.6 Å². The molecule has 2 heterocycles. The number of hydrogen-bond acceptors (Lipinski definition) is 4. The minimum Gasteiger partial charge on any atom is -0.341 e. The van der Waals surface area contributed by atoms with Gasteiger partial charge in [-0.25, -0.2) is 0 Å². The number of hydrogen-bond donors (Lipinski definition) is 0. The molecule has 0 fully saturated rings. The van der Waals surface area contributed by atoms with E-state index in [0.29, 0.717) is 0 Å². The lowest BCUT2D eigenvalue weighted by molar-refractivity contribution is 0.678. The van der Waals surface area contributed by atoms with Crippen molar-refractivity contribution in [3.05, 3.63) is 230 Å². The number of fused-ring (bicyclic) bond motifs is 8. The van der Waals surface area contributed by atoms with Gasteiger partial charge in [-0.3, -0.25) is 0 Å². The van der Waals surface area contributed by atoms with Crippen LogP contribution < -0.4 is 19.6 Å². The summed E-state index contributed by atoms with van der Waals surface area (Å²) in [5.74, 6) is 0.306. The first kappa shape index (κ1) is 36.6. The fraction of sp³-hybridized carbons (Fsp3) is 0.0667. The number of anilines is 10. The summed E-state index contributed by atoms with van der Waals surface area (Å²) < 4.78 is 0. The summed E-state index contributed by atoms with van der Waals surface area (Å²) in [4.78, 5) is 9.56. The Bertz CT molecular complexity index is 3440. The second-order valence-electron chi connectivity index (χ2n) is 17.4. The molecule has 0 bridgehead atoms. The van der Waals surface area contributed by atoms with Gasteiger partial charge in [0.05, 0.1) is 45.5 Å². The second kappa shape index (κ2) is 14.2. The molecule has 0 amide bonds. The highest BCUT2D eigenvalue weighted by Gasteiger charge is 2.33. The van der Waals surface area contributed by atoms with Crippen LogP contribution >= 0.6 is 0 Å². The summed E-state index contributed by atoms with van der Waals surface area (Å²) in [6.07, 6.45) is 16.1. The van der Waals surface area contributed by atoms with E-state index in [9.17, 15) is 0 Å². The molecule has 9 aromatic rings. The topological polar surface area (TPSA) is 13.0 Å². The summed E-state index contributed by atoms with van der Waals surface area (Å²) in [7, 11) is 4.35. The fourth-order valence-electron chi connectivity index (χ4n) is 11.2. The Labute approximate surface area is 373 Å². The van der Waals surface area contributed by atoms with E-state index < -0.39 is 0 Å². The molecule has 2 aliphatic carbocycles. The lowest BCUT2D eigenvalue weighted by atomic mass is 9.73. The lowest BCUT2D eigenvalue weighted by Crippen LogP contribution is -2.24. The summed E-state index contributed by atoms with van der Waals surface area (Å²) >= 11 is 0. The number of benzene rings is 9. The molecule has 4 aliphatic rings. The van der Waals surface area contributed by atoms with Crippen molar-refractivity contribution < 1.29 is 0 Å². The normalized spacial score (nSPS) is 17.0. The number of nitrogens with zero attached hydrogens (tertiary/aromatic N) is 4. The van der Waals surface area contributed by atoms with Crippen molar-refractivity contribution in [2.45, 2.75) is 5.92 Å². The molecule has 0 N–H and O–H groups in total. The van der Waals surface area contributed by atoms with Gasteiger partial charge in [-0.1, -0.05) is 146 Å². The first-order valence-electron chi connectivity index (χ1n) is 22.3. The first-order valence-corrected chi connectivity index (χ1v) is 22.3. The number of para-hydroxylation sites is 8. The third-order valence-electron chi connectivity index (χ3n) is 14.1. The van der Waals surface area contributed by atoms with Gasteiger partial charge in [0.25, 0.3) is 0 Å². The van der Waals surface area contributed by atoms with Crippen LogP contribution in [-0.4, -0.2) is 14.1 Å². The predicted octanol–water partition coefficient (Wildman–Crippen LogP) is 16.2. The molecular formula is C60H44N4. The second-order valence-corrected chi connectivity index (χ2v) is 17.4. The van der Waals surface area contributed by atoms with Crippen LogP contribution in [0, 0.1) is 5.92 Å². The molecule has 9 aromatic carbocycles. The summed E-state index contributed by atoms with van der Waals surface area (Å²) in [5, 5.41) is 7.50. The highest BCUT2D eigenvalue weighted by Crippen LogP contribution is 2.56. The zero-order valence-corrected chi connectivity index (χ0v) is 35.7. The van der Waals surface area contributed by atoms with Gasteiger partial charge >= 0.3 is 0 Å². The highest BCUT2D eigenvalue weighted by atomic mass is 15.3. The minimum absolute atomic E-state index is 0.103. The monoisotopic (exact) mass is 820 g/mol. The lowest BCUT2D eigenvalue weighted by Gasteiger charge is -2.39. The average molecular weight is 821 g/mol. The number of allylic oxidation sites excluding steroid dienone is 8. The Hall–Kier alpha value is -8.08. The van der Waals surface area contributed by atoms with Gasteiger partial charge in [-0.15, -0.1) is 0 Å². The molecule has 2 atom stereocenters. The van der Waals surface area contributed by atoms with Crippen molar-refractivity contribution in [3.63, 3.8) is 0 Å². The Balaban J connectivity index is 1.15. The maximum absolute atomic E-state index is 2.49. The van der Waals surface area contributed by atoms with Gasteiger partial charge in [0.15, 0.2) is 0 Å². The summed E-state index contributed by atoms with van der Waals surface area (Å²) in [6, 6.07) is 65.3. The van der Waals surface area contributed by atoms with Crippen LogP contribution in [-0.2, 0) is 0 Å². The molecule has 0 spiro atoms. The summed E-state index contributed by atoms with van der Waals surface area (Å²) in [6.45, 7) is 0. The maximum Gasteiger partial charge on any atom is 0.0699 e. The van der Waals surface area contributed by atoms with E-state index in [4.69, 9.17) is 0 Å². The molecule has 4 nitrogen and oxygen atoms in total. The van der Waals surface area contributed by atoms with Gasteiger partial charge in [-0.05, 0) is 127 Å². The minimum atomic E-state index is 0.103. The zero-order valence-electron chi connectivity index (χ0n) is 35.7. The van der Waals surface area contributed by atoms with E-state index in [0.717, 1.165) is 22.7 Å². The van der Waals surface area contributed by atoms with Crippen LogP contribution in [0.2, 0.25) is 0 Å². The smallest absolute Gasteiger partial charge is 0.0699 e. The van der Waals surface area contributed by atoms with Crippen molar-refractivity contribution in [2.24, 2.45) is 5.92 Å². The van der Waals surface area contributed by atoms with Gasteiger partial charge in [-0.2, -0.15) is 0 Å². The van der Waals surface area contributed by atoms with Crippen molar-refractivity contribution in [1.29, 1.82) is 0 Å². The van der Waals surface area contributed by atoms with E-state index in [1.807, 2.05) is 0 Å². The first-order chi connectivity index (χ1) is 31.6. The average Bonchev–Trinajstić information content (AvgIpc) is 3.35. The van der Waals surface area contributed by atoms with Crippen LogP contribution in [0.3, 0.4) is 0 Å². The van der Waals surface area contributed by atoms with Gasteiger partial charge in [0, 0.05) is 37.3 Å². The Morgan fingerprint density at radius 3 is 1.48 bits per heavy atom. The van der Waals surface area contributed by atoms with Crippen LogP contribution in [0.5, 0.6) is 0 Å². The van der Waals surface area contributed by atoms with Crippen molar-refractivity contribution in [1.82, 2.24) is 0 Å². The molecule has 2 aliphatic heterocycles. The van der Waals surface area contributed by atoms with Crippen molar-refractivity contribution in [3.8, 4) is 11.1 Å². The zero-order chi connectivity index (χ0) is 42.5.